The summed E-state index contributed by atoms with van der Waals surface area (Å²) in [6.45, 7) is 3.94. The molecule has 2 heterocycles. The summed E-state index contributed by atoms with van der Waals surface area (Å²) in [5.74, 6) is 1.24. The topological polar surface area (TPSA) is 64.3 Å². The maximum atomic E-state index is 5.59. The van der Waals surface area contributed by atoms with E-state index in [4.69, 9.17) is 22.7 Å². The molecule has 1 aliphatic heterocycles. The molecule has 1 saturated heterocycles. The zero-order valence-electron chi connectivity index (χ0n) is 10.7. The predicted octanol–water partition coefficient (Wildman–Crippen LogP) is 0.972. The first-order chi connectivity index (χ1) is 8.61. The molecule has 2 rings (SSSR count). The minimum Gasteiger partial charge on any atom is -0.388 e. The Bertz CT molecular complexity index is 440. The lowest BCUT2D eigenvalue weighted by Gasteiger charge is -2.36. The molecule has 2 N–H and O–H groups in total. The van der Waals surface area contributed by atoms with E-state index in [9.17, 15) is 0 Å². The third-order valence-electron chi connectivity index (χ3n) is 3.37. The van der Waals surface area contributed by atoms with Crippen LogP contribution in [0.2, 0.25) is 0 Å². The number of anilines is 1. The van der Waals surface area contributed by atoms with Gasteiger partial charge in [0, 0.05) is 26.4 Å². The summed E-state index contributed by atoms with van der Waals surface area (Å²) in [6, 6.07) is 1.73. The summed E-state index contributed by atoms with van der Waals surface area (Å²) >= 11 is 4.93. The number of methoxy groups -OCH3 is 1. The van der Waals surface area contributed by atoms with Crippen molar-refractivity contribution in [3.8, 4) is 0 Å². The number of hydrogen-bond acceptors (Lipinski definition) is 5. The van der Waals surface area contributed by atoms with Crippen LogP contribution in [0, 0.1) is 5.92 Å². The molecule has 0 aromatic carbocycles. The average Bonchev–Trinajstić information content (AvgIpc) is 2.39. The first-order valence-electron chi connectivity index (χ1n) is 6.02. The van der Waals surface area contributed by atoms with Crippen LogP contribution in [0.3, 0.4) is 0 Å². The van der Waals surface area contributed by atoms with Gasteiger partial charge in [0.1, 0.15) is 10.7 Å². The predicted molar refractivity (Wildman–Crippen MR) is 74.7 cm³/mol. The normalized spacial score (nSPS) is 24.0. The molecule has 0 amide bonds. The highest BCUT2D eigenvalue weighted by molar-refractivity contribution is 7.80. The molecule has 0 bridgehead atoms. The summed E-state index contributed by atoms with van der Waals surface area (Å²) in [4.78, 5) is 11.1. The first kappa shape index (κ1) is 13.2. The maximum absolute atomic E-state index is 5.59. The van der Waals surface area contributed by atoms with E-state index in [2.05, 4.69) is 21.8 Å². The van der Waals surface area contributed by atoms with E-state index in [1.54, 1.807) is 19.4 Å². The van der Waals surface area contributed by atoms with Crippen LogP contribution in [-0.4, -0.2) is 41.3 Å². The zero-order valence-corrected chi connectivity index (χ0v) is 11.5. The molecule has 2 unspecified atom stereocenters. The highest BCUT2D eigenvalue weighted by Gasteiger charge is 2.27. The highest BCUT2D eigenvalue weighted by atomic mass is 32.1. The summed E-state index contributed by atoms with van der Waals surface area (Å²) in [5.41, 5.74) is 6.20. The van der Waals surface area contributed by atoms with Gasteiger partial charge in [-0.15, -0.1) is 0 Å². The summed E-state index contributed by atoms with van der Waals surface area (Å²) < 4.78 is 5.49. The van der Waals surface area contributed by atoms with E-state index >= 15 is 0 Å². The Morgan fingerprint density at radius 2 is 2.39 bits per heavy atom. The maximum Gasteiger partial charge on any atom is 0.226 e. The van der Waals surface area contributed by atoms with Gasteiger partial charge in [-0.1, -0.05) is 19.1 Å². The van der Waals surface area contributed by atoms with E-state index in [0.29, 0.717) is 22.5 Å². The van der Waals surface area contributed by atoms with Crippen LogP contribution in [0.25, 0.3) is 0 Å². The zero-order chi connectivity index (χ0) is 13.1. The number of hydrogen-bond donors (Lipinski definition) is 1. The van der Waals surface area contributed by atoms with Crippen LogP contribution in [0.15, 0.2) is 12.3 Å². The smallest absolute Gasteiger partial charge is 0.226 e. The number of ether oxygens (including phenoxy) is 1. The minimum absolute atomic E-state index is 0.218. The number of piperidine rings is 1. The van der Waals surface area contributed by atoms with Crippen LogP contribution in [0.1, 0.15) is 19.0 Å². The van der Waals surface area contributed by atoms with Gasteiger partial charge in [-0.2, -0.15) is 0 Å². The monoisotopic (exact) mass is 266 g/mol. The molecule has 5 nitrogen and oxygen atoms in total. The van der Waals surface area contributed by atoms with Crippen molar-refractivity contribution in [1.82, 2.24) is 9.97 Å². The molecule has 1 aromatic heterocycles. The number of rotatable bonds is 3. The van der Waals surface area contributed by atoms with Gasteiger partial charge in [0.15, 0.2) is 0 Å². The number of nitrogens with two attached hydrogens (primary N) is 1. The lowest BCUT2D eigenvalue weighted by Crippen LogP contribution is -2.44. The highest BCUT2D eigenvalue weighted by Crippen LogP contribution is 2.22. The van der Waals surface area contributed by atoms with Crippen LogP contribution in [-0.2, 0) is 4.74 Å². The fraction of sp³-hybridized carbons (Fsp3) is 0.583. The molecule has 1 aromatic rings. The van der Waals surface area contributed by atoms with Crippen LogP contribution in [0.4, 0.5) is 5.95 Å². The number of nitrogens with zero attached hydrogens (tertiary/aromatic N) is 3. The molecule has 0 radical (unpaired) electrons. The molecule has 0 spiro atoms. The number of aromatic nitrogens is 2. The number of thiocarbonyl (C=S) groups is 1. The standard InChI is InChI=1S/C12H18N4OS/c1-8-4-6-16(7-10(8)17-2)12-14-5-3-9(15-12)11(13)18/h3,5,8,10H,4,6-7H2,1-2H3,(H2,13,18). The Labute approximate surface area is 112 Å². The Hall–Kier alpha value is -1.27. The summed E-state index contributed by atoms with van der Waals surface area (Å²) in [5, 5.41) is 0. The van der Waals surface area contributed by atoms with Crippen LogP contribution >= 0.6 is 12.2 Å². The second-order valence-electron chi connectivity index (χ2n) is 4.59. The molecular formula is C12H18N4OS. The van der Waals surface area contributed by atoms with E-state index < -0.39 is 0 Å². The van der Waals surface area contributed by atoms with Gasteiger partial charge in [-0.3, -0.25) is 0 Å². The lowest BCUT2D eigenvalue weighted by molar-refractivity contribution is 0.0494. The molecule has 0 saturated carbocycles. The van der Waals surface area contributed by atoms with Crippen LogP contribution < -0.4 is 10.6 Å². The second kappa shape index (κ2) is 5.58. The van der Waals surface area contributed by atoms with E-state index in [-0.39, 0.29) is 6.10 Å². The van der Waals surface area contributed by atoms with E-state index in [1.807, 2.05) is 0 Å². The van der Waals surface area contributed by atoms with Crippen molar-refractivity contribution in [2.45, 2.75) is 19.4 Å². The first-order valence-corrected chi connectivity index (χ1v) is 6.43. The van der Waals surface area contributed by atoms with Gasteiger partial charge in [-0.25, -0.2) is 9.97 Å². The quantitative estimate of drug-likeness (QED) is 0.823. The Morgan fingerprint density at radius 3 is 3.06 bits per heavy atom. The van der Waals surface area contributed by atoms with Crippen LogP contribution in [0.5, 0.6) is 0 Å². The van der Waals surface area contributed by atoms with Gasteiger partial charge in [0.25, 0.3) is 0 Å². The summed E-state index contributed by atoms with van der Waals surface area (Å²) in [7, 11) is 1.75. The van der Waals surface area contributed by atoms with Gasteiger partial charge in [-0.05, 0) is 18.4 Å². The summed E-state index contributed by atoms with van der Waals surface area (Å²) in [6.07, 6.45) is 2.98. The molecule has 0 aliphatic carbocycles. The Morgan fingerprint density at radius 1 is 1.61 bits per heavy atom. The Kier molecular flexibility index (Phi) is 4.08. The molecule has 6 heteroatoms. The van der Waals surface area contributed by atoms with Gasteiger partial charge in [0.2, 0.25) is 5.95 Å². The van der Waals surface area contributed by atoms with Gasteiger partial charge >= 0.3 is 0 Å². The second-order valence-corrected chi connectivity index (χ2v) is 5.03. The fourth-order valence-corrected chi connectivity index (χ4v) is 2.27. The van der Waals surface area contributed by atoms with Gasteiger partial charge in [0.05, 0.1) is 6.10 Å². The van der Waals surface area contributed by atoms with Crippen molar-refractivity contribution in [3.63, 3.8) is 0 Å². The largest absolute Gasteiger partial charge is 0.388 e. The SMILES string of the molecule is COC1CN(c2nccc(C(N)=S)n2)CCC1C. The van der Waals surface area contributed by atoms with E-state index in [1.165, 1.54) is 0 Å². The molecule has 1 fully saturated rings. The van der Waals surface area contributed by atoms with Crippen molar-refractivity contribution in [2.75, 3.05) is 25.1 Å². The molecule has 1 aliphatic rings. The third kappa shape index (κ3) is 2.76. The molecule has 2 atom stereocenters. The average molecular weight is 266 g/mol. The fourth-order valence-electron chi connectivity index (χ4n) is 2.16. The lowest BCUT2D eigenvalue weighted by atomic mass is 9.96. The van der Waals surface area contributed by atoms with Crippen molar-refractivity contribution >= 4 is 23.2 Å². The Balaban J connectivity index is 2.16. The van der Waals surface area contributed by atoms with Crippen molar-refractivity contribution in [3.05, 3.63) is 18.0 Å². The van der Waals surface area contributed by atoms with Crippen molar-refractivity contribution in [2.24, 2.45) is 11.7 Å². The third-order valence-corrected chi connectivity index (χ3v) is 3.58. The molecule has 18 heavy (non-hydrogen) atoms. The van der Waals surface area contributed by atoms with E-state index in [0.717, 1.165) is 19.5 Å². The minimum atomic E-state index is 0.218. The molecular weight excluding hydrogens is 248 g/mol. The molecule has 98 valence electrons. The van der Waals surface area contributed by atoms with Crippen molar-refractivity contribution < 1.29 is 4.74 Å². The van der Waals surface area contributed by atoms with Crippen molar-refractivity contribution in [1.29, 1.82) is 0 Å². The van der Waals surface area contributed by atoms with Gasteiger partial charge < -0.3 is 15.4 Å².